The second kappa shape index (κ2) is 5.46. The van der Waals surface area contributed by atoms with Gasteiger partial charge < -0.3 is 4.90 Å². The van der Waals surface area contributed by atoms with Crippen LogP contribution >= 0.6 is 0 Å². The zero-order valence-electron chi connectivity index (χ0n) is 11.7. The van der Waals surface area contributed by atoms with Gasteiger partial charge in [-0.3, -0.25) is 0 Å². The van der Waals surface area contributed by atoms with E-state index in [1.807, 2.05) is 4.90 Å². The first kappa shape index (κ1) is 12.9. The van der Waals surface area contributed by atoms with Crippen molar-refractivity contribution in [2.75, 3.05) is 19.6 Å². The van der Waals surface area contributed by atoms with Crippen molar-refractivity contribution in [3.63, 3.8) is 0 Å². The second-order valence-electron chi connectivity index (χ2n) is 6.79. The van der Waals surface area contributed by atoms with Crippen LogP contribution in [0.3, 0.4) is 0 Å². The Labute approximate surface area is 111 Å². The summed E-state index contributed by atoms with van der Waals surface area (Å²) in [7, 11) is 0. The largest absolute Gasteiger partial charge is 0.319 e. The number of halogens is 1. The Bertz CT molecular complexity index is 276. The van der Waals surface area contributed by atoms with Crippen LogP contribution in [0.25, 0.3) is 0 Å². The van der Waals surface area contributed by atoms with Crippen LogP contribution in [0, 0.1) is 5.92 Å². The van der Waals surface area contributed by atoms with E-state index in [-0.39, 0.29) is 0 Å². The van der Waals surface area contributed by atoms with E-state index in [2.05, 4.69) is 11.8 Å². The maximum Gasteiger partial charge on any atom is 0.144 e. The highest BCUT2D eigenvalue weighted by atomic mass is 19.1. The number of rotatable bonds is 2. The van der Waals surface area contributed by atoms with Gasteiger partial charge in [-0.25, -0.2) is 9.29 Å². The molecule has 3 atom stereocenters. The predicted octanol–water partition coefficient (Wildman–Crippen LogP) is 1.61. The number of nitrogens with zero attached hydrogens (tertiary/aromatic N) is 1. The lowest BCUT2D eigenvalue weighted by atomic mass is 9.87. The highest BCUT2D eigenvalue weighted by molar-refractivity contribution is 4.82. The molecule has 3 aliphatic rings. The van der Waals surface area contributed by atoms with Gasteiger partial charge in [0.15, 0.2) is 0 Å². The molecule has 1 aliphatic carbocycles. The Balaban J connectivity index is 1.57. The van der Waals surface area contributed by atoms with Crippen molar-refractivity contribution in [3.05, 3.63) is 0 Å². The highest BCUT2D eigenvalue weighted by Gasteiger charge is 2.42. The minimum atomic E-state index is -0.506. The summed E-state index contributed by atoms with van der Waals surface area (Å²) in [5.41, 5.74) is 0. The molecule has 3 unspecified atom stereocenters. The summed E-state index contributed by atoms with van der Waals surface area (Å²) in [5, 5.41) is 0. The molecule has 0 radical (unpaired) electrons. The average molecular weight is 255 g/mol. The van der Waals surface area contributed by atoms with Crippen LogP contribution < -0.4 is 4.90 Å². The van der Waals surface area contributed by atoms with E-state index in [1.54, 1.807) is 0 Å². The summed E-state index contributed by atoms with van der Waals surface area (Å²) in [6.45, 7) is 6.35. The van der Waals surface area contributed by atoms with E-state index in [1.165, 1.54) is 38.9 Å². The number of hydrogen-bond donors (Lipinski definition) is 1. The number of alkyl halides is 1. The molecule has 0 aromatic heterocycles. The summed E-state index contributed by atoms with van der Waals surface area (Å²) >= 11 is 0. The fourth-order valence-electron chi connectivity index (χ4n) is 4.41. The van der Waals surface area contributed by atoms with Gasteiger partial charge in [0.05, 0.1) is 19.1 Å². The van der Waals surface area contributed by atoms with Gasteiger partial charge in [-0.1, -0.05) is 0 Å². The van der Waals surface area contributed by atoms with Crippen molar-refractivity contribution in [1.82, 2.24) is 4.90 Å². The van der Waals surface area contributed by atoms with E-state index < -0.39 is 6.17 Å². The number of hydrogen-bond acceptors (Lipinski definition) is 1. The van der Waals surface area contributed by atoms with Gasteiger partial charge >= 0.3 is 0 Å². The Kier molecular flexibility index (Phi) is 3.90. The molecular weight excluding hydrogens is 227 g/mol. The van der Waals surface area contributed by atoms with E-state index in [0.29, 0.717) is 0 Å². The van der Waals surface area contributed by atoms with E-state index >= 15 is 0 Å². The van der Waals surface area contributed by atoms with Crippen molar-refractivity contribution in [2.24, 2.45) is 5.92 Å². The zero-order chi connectivity index (χ0) is 12.5. The van der Waals surface area contributed by atoms with Crippen LogP contribution in [0.1, 0.15) is 51.9 Å². The van der Waals surface area contributed by atoms with Crippen LogP contribution in [0.5, 0.6) is 0 Å². The first-order chi connectivity index (χ1) is 8.74. The molecule has 0 bridgehead atoms. The SMILES string of the molecule is CC1C[NH+]2CCCCC2N1CC1CCC(F)CC1. The molecule has 1 saturated carbocycles. The molecule has 3 fully saturated rings. The molecule has 2 saturated heterocycles. The molecule has 2 heterocycles. The van der Waals surface area contributed by atoms with Crippen molar-refractivity contribution in [1.29, 1.82) is 0 Å². The Hall–Kier alpha value is -0.150. The third-order valence-corrected chi connectivity index (χ3v) is 5.47. The fraction of sp³-hybridized carbons (Fsp3) is 1.00. The molecule has 2 aliphatic heterocycles. The van der Waals surface area contributed by atoms with Gasteiger partial charge in [0.25, 0.3) is 0 Å². The van der Waals surface area contributed by atoms with Crippen molar-refractivity contribution < 1.29 is 9.29 Å². The monoisotopic (exact) mass is 255 g/mol. The molecule has 0 amide bonds. The van der Waals surface area contributed by atoms with Gasteiger partial charge in [-0.05, 0) is 51.4 Å². The molecular formula is C15H28FN2+. The molecule has 1 N–H and O–H groups in total. The van der Waals surface area contributed by atoms with Crippen LogP contribution in [0.15, 0.2) is 0 Å². The quantitative estimate of drug-likeness (QED) is 0.788. The minimum Gasteiger partial charge on any atom is -0.319 e. The fourth-order valence-corrected chi connectivity index (χ4v) is 4.41. The van der Waals surface area contributed by atoms with Gasteiger partial charge in [0.1, 0.15) is 12.3 Å². The Morgan fingerprint density at radius 2 is 1.89 bits per heavy atom. The van der Waals surface area contributed by atoms with Gasteiger partial charge in [-0.15, -0.1) is 0 Å². The average Bonchev–Trinajstić information content (AvgIpc) is 2.69. The van der Waals surface area contributed by atoms with Gasteiger partial charge in [0.2, 0.25) is 0 Å². The molecule has 0 aromatic rings. The summed E-state index contributed by atoms with van der Waals surface area (Å²) in [6.07, 6.45) is 8.36. The first-order valence-electron chi connectivity index (χ1n) is 7.98. The number of nitrogens with one attached hydrogen (secondary N) is 1. The Morgan fingerprint density at radius 3 is 2.67 bits per heavy atom. The first-order valence-corrected chi connectivity index (χ1v) is 7.98. The third-order valence-electron chi connectivity index (χ3n) is 5.47. The second-order valence-corrected chi connectivity index (χ2v) is 6.79. The topological polar surface area (TPSA) is 7.68 Å². The zero-order valence-corrected chi connectivity index (χ0v) is 11.7. The summed E-state index contributed by atoms with van der Waals surface area (Å²) in [4.78, 5) is 4.59. The Morgan fingerprint density at radius 1 is 1.11 bits per heavy atom. The van der Waals surface area contributed by atoms with Crippen molar-refractivity contribution >= 4 is 0 Å². The molecule has 104 valence electrons. The smallest absolute Gasteiger partial charge is 0.144 e. The molecule has 3 rings (SSSR count). The number of fused-ring (bicyclic) bond motifs is 1. The van der Waals surface area contributed by atoms with E-state index in [0.717, 1.165) is 43.8 Å². The maximum atomic E-state index is 13.2. The lowest BCUT2D eigenvalue weighted by molar-refractivity contribution is -0.924. The molecule has 0 spiro atoms. The molecule has 18 heavy (non-hydrogen) atoms. The molecule has 3 heteroatoms. The van der Waals surface area contributed by atoms with Crippen LogP contribution in [0.2, 0.25) is 0 Å². The highest BCUT2D eigenvalue weighted by Crippen LogP contribution is 2.28. The maximum absolute atomic E-state index is 13.2. The lowest BCUT2D eigenvalue weighted by Gasteiger charge is -2.35. The molecule has 0 aromatic carbocycles. The lowest BCUT2D eigenvalue weighted by Crippen LogP contribution is -3.15. The number of piperidine rings is 1. The predicted molar refractivity (Wildman–Crippen MR) is 71.4 cm³/mol. The van der Waals surface area contributed by atoms with Crippen molar-refractivity contribution in [2.45, 2.75) is 70.2 Å². The standard InChI is InChI=1S/C15H27FN2/c1-12-10-17-9-3-2-4-15(17)18(12)11-13-5-7-14(16)8-6-13/h12-15H,2-11H2,1H3/p+1. The summed E-state index contributed by atoms with van der Waals surface area (Å²) in [6, 6.07) is 0.742. The van der Waals surface area contributed by atoms with E-state index in [9.17, 15) is 4.39 Å². The van der Waals surface area contributed by atoms with Gasteiger partial charge in [0, 0.05) is 13.0 Å². The van der Waals surface area contributed by atoms with Crippen LogP contribution in [-0.2, 0) is 0 Å². The van der Waals surface area contributed by atoms with Crippen molar-refractivity contribution in [3.8, 4) is 0 Å². The molecule has 2 nitrogen and oxygen atoms in total. The number of quaternary nitrogens is 1. The normalized spacial score (nSPS) is 46.0. The minimum absolute atomic E-state index is 0.506. The van der Waals surface area contributed by atoms with E-state index in [4.69, 9.17) is 0 Å². The van der Waals surface area contributed by atoms with Crippen LogP contribution in [0.4, 0.5) is 4.39 Å². The summed E-state index contributed by atoms with van der Waals surface area (Å²) in [5.74, 6) is 0.765. The van der Waals surface area contributed by atoms with Gasteiger partial charge in [-0.2, -0.15) is 0 Å². The van der Waals surface area contributed by atoms with Crippen LogP contribution in [-0.4, -0.2) is 42.9 Å². The summed E-state index contributed by atoms with van der Waals surface area (Å²) < 4.78 is 13.2. The third kappa shape index (κ3) is 2.57.